The molecule has 5 nitrogen and oxygen atoms in total. The summed E-state index contributed by atoms with van der Waals surface area (Å²) in [6.07, 6.45) is 2.06. The van der Waals surface area contributed by atoms with Crippen LogP contribution in [0.4, 0.5) is 0 Å². The largest absolute Gasteiger partial charge is 0.462 e. The first-order valence-corrected chi connectivity index (χ1v) is 10.3. The quantitative estimate of drug-likeness (QED) is 0.384. The molecule has 0 bridgehead atoms. The van der Waals surface area contributed by atoms with Gasteiger partial charge in [-0.2, -0.15) is 0 Å². The Kier molecular flexibility index (Phi) is 6.26. The van der Waals surface area contributed by atoms with Gasteiger partial charge < -0.3 is 14.0 Å². The summed E-state index contributed by atoms with van der Waals surface area (Å²) < 4.78 is 13.3. The summed E-state index contributed by atoms with van der Waals surface area (Å²) in [6, 6.07) is 9.68. The van der Waals surface area contributed by atoms with Crippen LogP contribution >= 0.6 is 0 Å². The molecular weight excluding hydrogens is 366 g/mol. The minimum absolute atomic E-state index is 0.245. The van der Waals surface area contributed by atoms with Crippen molar-refractivity contribution >= 4 is 33.6 Å². The summed E-state index contributed by atoms with van der Waals surface area (Å²) in [5.74, 6) is -0.411. The van der Waals surface area contributed by atoms with Crippen LogP contribution in [0, 0.1) is 12.8 Å². The maximum Gasteiger partial charge on any atom is 0.340 e. The van der Waals surface area contributed by atoms with Gasteiger partial charge in [-0.3, -0.25) is 4.79 Å². The van der Waals surface area contributed by atoms with Gasteiger partial charge in [0, 0.05) is 28.4 Å². The predicted molar refractivity (Wildman–Crippen MR) is 116 cm³/mol. The number of unbranched alkanes of at least 4 members (excludes halogenated alkanes) is 1. The fourth-order valence-corrected chi connectivity index (χ4v) is 3.67. The normalized spacial score (nSPS) is 11.4. The molecule has 0 saturated heterocycles. The molecular formula is C24H29NO4. The summed E-state index contributed by atoms with van der Waals surface area (Å²) in [4.78, 5) is 25.1. The van der Waals surface area contributed by atoms with Gasteiger partial charge in [-0.15, -0.1) is 0 Å². The van der Waals surface area contributed by atoms with E-state index in [9.17, 15) is 9.59 Å². The van der Waals surface area contributed by atoms with Gasteiger partial charge in [0.25, 0.3) is 0 Å². The highest BCUT2D eigenvalue weighted by molar-refractivity contribution is 6.16. The molecule has 0 saturated carbocycles. The van der Waals surface area contributed by atoms with Crippen molar-refractivity contribution in [1.82, 2.24) is 4.57 Å². The number of ether oxygens (including phenoxy) is 2. The number of nitrogens with zero attached hydrogens (tertiary/aromatic N) is 1. The van der Waals surface area contributed by atoms with Crippen LogP contribution in [0.5, 0.6) is 5.75 Å². The molecule has 0 radical (unpaired) electrons. The fourth-order valence-electron chi connectivity index (χ4n) is 3.67. The zero-order valence-electron chi connectivity index (χ0n) is 17.9. The minimum Gasteiger partial charge on any atom is -0.462 e. The number of hydrogen-bond donors (Lipinski definition) is 0. The molecule has 0 N–H and O–H groups in total. The van der Waals surface area contributed by atoms with Gasteiger partial charge >= 0.3 is 11.9 Å². The number of hydrogen-bond acceptors (Lipinski definition) is 4. The molecule has 3 aromatic rings. The lowest BCUT2D eigenvalue weighted by atomic mass is 10.0. The Morgan fingerprint density at radius 3 is 2.38 bits per heavy atom. The lowest BCUT2D eigenvalue weighted by Gasteiger charge is -2.13. The SMILES string of the molecule is CCCCn1c(C)c(C(=O)OCC)c2cc(OC(=O)C(C)C)c3ccccc3c21. The molecule has 0 fully saturated rings. The number of aryl methyl sites for hydroxylation is 1. The Bertz CT molecular complexity index is 1060. The zero-order chi connectivity index (χ0) is 21.1. The molecule has 0 atom stereocenters. The highest BCUT2D eigenvalue weighted by atomic mass is 16.5. The van der Waals surface area contributed by atoms with Crippen LogP contribution in [0.25, 0.3) is 21.7 Å². The van der Waals surface area contributed by atoms with E-state index in [0.717, 1.165) is 46.8 Å². The van der Waals surface area contributed by atoms with Gasteiger partial charge in [-0.1, -0.05) is 51.5 Å². The molecule has 0 aliphatic heterocycles. The van der Waals surface area contributed by atoms with Crippen LogP contribution in [0.2, 0.25) is 0 Å². The van der Waals surface area contributed by atoms with E-state index in [1.165, 1.54) is 0 Å². The Morgan fingerprint density at radius 1 is 1.07 bits per heavy atom. The maximum absolute atomic E-state index is 12.8. The van der Waals surface area contributed by atoms with Crippen molar-refractivity contribution in [3.8, 4) is 5.75 Å². The van der Waals surface area contributed by atoms with Crippen LogP contribution < -0.4 is 4.74 Å². The first-order valence-electron chi connectivity index (χ1n) is 10.3. The van der Waals surface area contributed by atoms with Crippen molar-refractivity contribution in [3.05, 3.63) is 41.6 Å². The fraction of sp³-hybridized carbons (Fsp3) is 0.417. The lowest BCUT2D eigenvalue weighted by molar-refractivity contribution is -0.137. The molecule has 29 heavy (non-hydrogen) atoms. The summed E-state index contributed by atoms with van der Waals surface area (Å²) in [5, 5.41) is 2.59. The van der Waals surface area contributed by atoms with Crippen molar-refractivity contribution in [2.75, 3.05) is 6.61 Å². The molecule has 1 heterocycles. The highest BCUT2D eigenvalue weighted by Gasteiger charge is 2.24. The molecule has 1 aromatic heterocycles. The van der Waals surface area contributed by atoms with Crippen molar-refractivity contribution in [1.29, 1.82) is 0 Å². The Balaban J connectivity index is 2.36. The third kappa shape index (κ3) is 3.86. The molecule has 0 unspecified atom stereocenters. The van der Waals surface area contributed by atoms with E-state index < -0.39 is 0 Å². The van der Waals surface area contributed by atoms with E-state index >= 15 is 0 Å². The molecule has 0 aliphatic rings. The number of fused-ring (bicyclic) bond motifs is 3. The van der Waals surface area contributed by atoms with Crippen molar-refractivity contribution in [2.24, 2.45) is 5.92 Å². The van der Waals surface area contributed by atoms with E-state index in [0.29, 0.717) is 17.9 Å². The monoisotopic (exact) mass is 395 g/mol. The van der Waals surface area contributed by atoms with E-state index in [2.05, 4.69) is 11.5 Å². The second-order valence-corrected chi connectivity index (χ2v) is 7.58. The first kappa shape index (κ1) is 20.9. The lowest BCUT2D eigenvalue weighted by Crippen LogP contribution is -2.15. The van der Waals surface area contributed by atoms with Gasteiger partial charge in [0.2, 0.25) is 0 Å². The van der Waals surface area contributed by atoms with Crippen LogP contribution in [0.1, 0.15) is 56.6 Å². The van der Waals surface area contributed by atoms with E-state index in [1.54, 1.807) is 20.8 Å². The second-order valence-electron chi connectivity index (χ2n) is 7.58. The van der Waals surface area contributed by atoms with Gasteiger partial charge in [0.1, 0.15) is 5.75 Å². The zero-order valence-corrected chi connectivity index (χ0v) is 17.9. The summed E-state index contributed by atoms with van der Waals surface area (Å²) >= 11 is 0. The molecule has 154 valence electrons. The van der Waals surface area contributed by atoms with E-state index in [4.69, 9.17) is 9.47 Å². The number of carbonyl (C=O) groups is 2. The van der Waals surface area contributed by atoms with E-state index in [-0.39, 0.29) is 17.9 Å². The standard InChI is InChI=1S/C24H29NO4/c1-6-8-13-25-16(5)21(24(27)28-7-2)19-14-20(29-23(26)15(3)4)17-11-9-10-12-18(17)22(19)25/h9-12,14-15H,6-8,13H2,1-5H3. The van der Waals surface area contributed by atoms with Crippen LogP contribution in [-0.2, 0) is 16.1 Å². The first-order chi connectivity index (χ1) is 13.9. The van der Waals surface area contributed by atoms with Crippen molar-refractivity contribution < 1.29 is 19.1 Å². The molecule has 3 rings (SSSR count). The van der Waals surface area contributed by atoms with Crippen LogP contribution in [-0.4, -0.2) is 23.1 Å². The van der Waals surface area contributed by atoms with Gasteiger partial charge in [-0.25, -0.2) is 4.79 Å². The van der Waals surface area contributed by atoms with Crippen molar-refractivity contribution in [3.63, 3.8) is 0 Å². The number of esters is 2. The van der Waals surface area contributed by atoms with E-state index in [1.807, 2.05) is 37.3 Å². The Morgan fingerprint density at radius 2 is 1.76 bits per heavy atom. The number of carbonyl (C=O) groups excluding carboxylic acids is 2. The molecule has 5 heteroatoms. The van der Waals surface area contributed by atoms with Crippen LogP contribution in [0.15, 0.2) is 30.3 Å². The summed E-state index contributed by atoms with van der Waals surface area (Å²) in [6.45, 7) is 10.6. The molecule has 0 amide bonds. The molecule has 2 aromatic carbocycles. The maximum atomic E-state index is 12.8. The summed E-state index contributed by atoms with van der Waals surface area (Å²) in [7, 11) is 0. The van der Waals surface area contributed by atoms with Crippen LogP contribution in [0.3, 0.4) is 0 Å². The minimum atomic E-state index is -0.346. The number of benzene rings is 2. The summed E-state index contributed by atoms with van der Waals surface area (Å²) in [5.41, 5.74) is 2.41. The highest BCUT2D eigenvalue weighted by Crippen LogP contribution is 2.38. The van der Waals surface area contributed by atoms with Gasteiger partial charge in [-0.05, 0) is 26.3 Å². The Labute approximate surface area is 171 Å². The number of aromatic nitrogens is 1. The average molecular weight is 395 g/mol. The number of rotatable bonds is 7. The second kappa shape index (κ2) is 8.68. The van der Waals surface area contributed by atoms with Gasteiger partial charge in [0.05, 0.1) is 23.6 Å². The third-order valence-corrected chi connectivity index (χ3v) is 5.18. The van der Waals surface area contributed by atoms with Crippen molar-refractivity contribution in [2.45, 2.75) is 54.0 Å². The molecule has 0 spiro atoms. The Hall–Kier alpha value is -2.82. The molecule has 0 aliphatic carbocycles. The van der Waals surface area contributed by atoms with Gasteiger partial charge in [0.15, 0.2) is 0 Å². The topological polar surface area (TPSA) is 57.5 Å². The predicted octanol–water partition coefficient (Wildman–Crippen LogP) is 5.64. The smallest absolute Gasteiger partial charge is 0.340 e. The third-order valence-electron chi connectivity index (χ3n) is 5.18. The average Bonchev–Trinajstić information content (AvgIpc) is 2.97.